The zero-order valence-corrected chi connectivity index (χ0v) is 11.6. The van der Waals surface area contributed by atoms with Gasteiger partial charge in [0, 0.05) is 24.2 Å². The number of halogens is 1. The fraction of sp³-hybridized carbons (Fsp3) is 0.538. The third-order valence-corrected chi connectivity index (χ3v) is 3.65. The number of aliphatic hydroxyl groups excluding tert-OH is 1. The van der Waals surface area contributed by atoms with Gasteiger partial charge in [0.05, 0.1) is 18.4 Å². The molecule has 0 bridgehead atoms. The highest BCUT2D eigenvalue weighted by Crippen LogP contribution is 2.29. The number of ether oxygens (including phenoxy) is 1. The van der Waals surface area contributed by atoms with Crippen molar-refractivity contribution in [2.75, 3.05) is 31.2 Å². The van der Waals surface area contributed by atoms with Gasteiger partial charge in [-0.3, -0.25) is 0 Å². The van der Waals surface area contributed by atoms with E-state index < -0.39 is 6.10 Å². The van der Waals surface area contributed by atoms with E-state index in [4.69, 9.17) is 4.74 Å². The molecule has 17 heavy (non-hydrogen) atoms. The lowest BCUT2D eigenvalue weighted by atomic mass is 10.1. The molecule has 0 unspecified atom stereocenters. The summed E-state index contributed by atoms with van der Waals surface area (Å²) in [7, 11) is 0. The van der Waals surface area contributed by atoms with Gasteiger partial charge in [-0.2, -0.15) is 0 Å². The van der Waals surface area contributed by atoms with Crippen LogP contribution >= 0.6 is 15.9 Å². The average Bonchev–Trinajstić information content (AvgIpc) is 2.57. The van der Waals surface area contributed by atoms with Crippen LogP contribution in [0.25, 0.3) is 0 Å². The Labute approximate surface area is 111 Å². The molecule has 1 aliphatic rings. The van der Waals surface area contributed by atoms with E-state index in [-0.39, 0.29) is 0 Å². The smallest absolute Gasteiger partial charge is 0.0762 e. The molecule has 1 aromatic rings. The first-order chi connectivity index (χ1) is 8.18. The minimum absolute atomic E-state index is 0.423. The minimum atomic E-state index is -0.423. The first kappa shape index (κ1) is 12.9. The fourth-order valence-corrected chi connectivity index (χ4v) is 2.67. The molecule has 1 aliphatic heterocycles. The van der Waals surface area contributed by atoms with Crippen LogP contribution in [0.15, 0.2) is 22.7 Å². The molecular formula is C13H18BrNO2. The van der Waals surface area contributed by atoms with Gasteiger partial charge in [0.2, 0.25) is 0 Å². The summed E-state index contributed by atoms with van der Waals surface area (Å²) in [4.78, 5) is 2.32. The topological polar surface area (TPSA) is 32.7 Å². The van der Waals surface area contributed by atoms with Crippen LogP contribution in [-0.2, 0) is 4.74 Å². The van der Waals surface area contributed by atoms with Crippen LogP contribution in [0, 0.1) is 0 Å². The second kappa shape index (κ2) is 5.85. The van der Waals surface area contributed by atoms with Crippen LogP contribution in [0.3, 0.4) is 0 Å². The molecule has 0 amide bonds. The second-order valence-corrected chi connectivity index (χ2v) is 5.19. The Morgan fingerprint density at radius 3 is 2.88 bits per heavy atom. The molecule has 0 radical (unpaired) electrons. The highest BCUT2D eigenvalue weighted by atomic mass is 79.9. The van der Waals surface area contributed by atoms with Gasteiger partial charge in [0.15, 0.2) is 0 Å². The molecule has 1 heterocycles. The molecule has 4 heteroatoms. The van der Waals surface area contributed by atoms with E-state index in [1.807, 2.05) is 12.1 Å². The number of benzene rings is 1. The highest BCUT2D eigenvalue weighted by Gasteiger charge is 2.13. The summed E-state index contributed by atoms with van der Waals surface area (Å²) in [6, 6.07) is 6.04. The highest BCUT2D eigenvalue weighted by molar-refractivity contribution is 9.10. The Balaban J connectivity index is 2.19. The van der Waals surface area contributed by atoms with Crippen LogP contribution in [0.2, 0.25) is 0 Å². The Kier molecular flexibility index (Phi) is 4.42. The van der Waals surface area contributed by atoms with Gasteiger partial charge < -0.3 is 14.7 Å². The van der Waals surface area contributed by atoms with Crippen molar-refractivity contribution in [3.05, 3.63) is 28.2 Å². The van der Waals surface area contributed by atoms with E-state index in [2.05, 4.69) is 26.9 Å². The fourth-order valence-electron chi connectivity index (χ4n) is 2.03. The van der Waals surface area contributed by atoms with Crippen LogP contribution in [-0.4, -0.2) is 31.4 Å². The Bertz CT molecular complexity index is 374. The lowest BCUT2D eigenvalue weighted by Crippen LogP contribution is -2.26. The molecule has 1 aromatic carbocycles. The molecule has 94 valence electrons. The molecule has 1 saturated heterocycles. The largest absolute Gasteiger partial charge is 0.389 e. The van der Waals surface area contributed by atoms with Crippen molar-refractivity contribution in [3.8, 4) is 0 Å². The third-order valence-electron chi connectivity index (χ3n) is 3.02. The molecule has 3 nitrogen and oxygen atoms in total. The Hall–Kier alpha value is -0.580. The van der Waals surface area contributed by atoms with Crippen molar-refractivity contribution in [3.63, 3.8) is 0 Å². The minimum Gasteiger partial charge on any atom is -0.389 e. The summed E-state index contributed by atoms with van der Waals surface area (Å²) >= 11 is 3.58. The van der Waals surface area contributed by atoms with Gasteiger partial charge in [-0.05, 0) is 47.0 Å². The molecule has 1 N–H and O–H groups in total. The first-order valence-corrected chi connectivity index (χ1v) is 6.78. The normalized spacial score (nSPS) is 18.9. The monoisotopic (exact) mass is 299 g/mol. The summed E-state index contributed by atoms with van der Waals surface area (Å²) < 4.78 is 6.49. The zero-order valence-electron chi connectivity index (χ0n) is 10.0. The van der Waals surface area contributed by atoms with E-state index in [9.17, 15) is 5.11 Å². The quantitative estimate of drug-likeness (QED) is 0.911. The van der Waals surface area contributed by atoms with Crippen LogP contribution in [0.4, 0.5) is 5.69 Å². The zero-order chi connectivity index (χ0) is 12.3. The Morgan fingerprint density at radius 1 is 1.35 bits per heavy atom. The summed E-state index contributed by atoms with van der Waals surface area (Å²) in [5, 5.41) is 9.54. The van der Waals surface area contributed by atoms with E-state index in [1.54, 1.807) is 6.92 Å². The number of nitrogens with zero attached hydrogens (tertiary/aromatic N) is 1. The molecule has 0 spiro atoms. The average molecular weight is 300 g/mol. The van der Waals surface area contributed by atoms with Crippen molar-refractivity contribution in [1.29, 1.82) is 0 Å². The van der Waals surface area contributed by atoms with Crippen molar-refractivity contribution in [1.82, 2.24) is 0 Å². The summed E-state index contributed by atoms with van der Waals surface area (Å²) in [5.41, 5.74) is 2.12. The van der Waals surface area contributed by atoms with Gasteiger partial charge in [-0.15, -0.1) is 0 Å². The van der Waals surface area contributed by atoms with E-state index in [0.29, 0.717) is 0 Å². The predicted octanol–water partition coefficient (Wildman–Crippen LogP) is 2.73. The van der Waals surface area contributed by atoms with Gasteiger partial charge in [0.1, 0.15) is 0 Å². The van der Waals surface area contributed by atoms with E-state index >= 15 is 0 Å². The molecule has 2 rings (SSSR count). The molecule has 1 fully saturated rings. The van der Waals surface area contributed by atoms with Gasteiger partial charge in [-0.1, -0.05) is 6.07 Å². The first-order valence-electron chi connectivity index (χ1n) is 5.98. The Morgan fingerprint density at radius 2 is 2.18 bits per heavy atom. The number of hydrogen-bond acceptors (Lipinski definition) is 3. The van der Waals surface area contributed by atoms with Crippen molar-refractivity contribution < 1.29 is 9.84 Å². The van der Waals surface area contributed by atoms with Crippen molar-refractivity contribution in [2.24, 2.45) is 0 Å². The van der Waals surface area contributed by atoms with E-state index in [1.165, 1.54) is 5.69 Å². The summed E-state index contributed by atoms with van der Waals surface area (Å²) in [6.45, 7) is 5.35. The van der Waals surface area contributed by atoms with Gasteiger partial charge in [-0.25, -0.2) is 0 Å². The SMILES string of the molecule is C[C@@H](O)c1ccc(N2CCCOCC2)c(Br)c1. The molecule has 0 saturated carbocycles. The van der Waals surface area contributed by atoms with Gasteiger partial charge >= 0.3 is 0 Å². The molecule has 0 aromatic heterocycles. The maximum absolute atomic E-state index is 9.54. The van der Waals surface area contributed by atoms with Crippen LogP contribution in [0.5, 0.6) is 0 Å². The number of rotatable bonds is 2. The lowest BCUT2D eigenvalue weighted by molar-refractivity contribution is 0.152. The van der Waals surface area contributed by atoms with Gasteiger partial charge in [0.25, 0.3) is 0 Å². The standard InChI is InChI=1S/C13H18BrNO2/c1-10(16)11-3-4-13(12(14)9-11)15-5-2-7-17-8-6-15/h3-4,9-10,16H,2,5-8H2,1H3/t10-/m1/s1. The predicted molar refractivity (Wildman–Crippen MR) is 72.4 cm³/mol. The third kappa shape index (κ3) is 3.21. The number of hydrogen-bond donors (Lipinski definition) is 1. The summed E-state index contributed by atoms with van der Waals surface area (Å²) in [6.07, 6.45) is 0.637. The maximum Gasteiger partial charge on any atom is 0.0762 e. The number of aliphatic hydroxyl groups is 1. The number of anilines is 1. The van der Waals surface area contributed by atoms with Crippen LogP contribution < -0.4 is 4.90 Å². The second-order valence-electron chi connectivity index (χ2n) is 4.34. The molecule has 0 aliphatic carbocycles. The van der Waals surface area contributed by atoms with Crippen molar-refractivity contribution >= 4 is 21.6 Å². The molecular weight excluding hydrogens is 282 g/mol. The van der Waals surface area contributed by atoms with E-state index in [0.717, 1.165) is 42.8 Å². The van der Waals surface area contributed by atoms with Crippen molar-refractivity contribution in [2.45, 2.75) is 19.4 Å². The van der Waals surface area contributed by atoms with Crippen LogP contribution in [0.1, 0.15) is 25.0 Å². The molecule has 1 atom stereocenters. The maximum atomic E-state index is 9.54. The lowest BCUT2D eigenvalue weighted by Gasteiger charge is -2.24. The summed E-state index contributed by atoms with van der Waals surface area (Å²) in [5.74, 6) is 0.